The lowest BCUT2D eigenvalue weighted by atomic mass is 9.74. The van der Waals surface area contributed by atoms with Crippen LogP contribution in [-0.2, 0) is 10.2 Å². The van der Waals surface area contributed by atoms with Crippen molar-refractivity contribution in [3.05, 3.63) is 65.7 Å². The minimum absolute atomic E-state index is 0.102. The van der Waals surface area contributed by atoms with E-state index in [1.807, 2.05) is 12.1 Å². The average Bonchev–Trinajstić information content (AvgIpc) is 2.94. The summed E-state index contributed by atoms with van der Waals surface area (Å²) in [7, 11) is 0. The highest BCUT2D eigenvalue weighted by atomic mass is 16.5. The van der Waals surface area contributed by atoms with Gasteiger partial charge in [-0.3, -0.25) is 4.79 Å². The van der Waals surface area contributed by atoms with Crippen LogP contribution in [0, 0.1) is 0 Å². The molecule has 1 saturated heterocycles. The second kappa shape index (κ2) is 8.17. The van der Waals surface area contributed by atoms with Gasteiger partial charge in [-0.25, -0.2) is 0 Å². The van der Waals surface area contributed by atoms with E-state index >= 15 is 0 Å². The highest BCUT2D eigenvalue weighted by Crippen LogP contribution is 2.52. The summed E-state index contributed by atoms with van der Waals surface area (Å²) in [5.74, 6) is 0.994. The molecule has 0 saturated carbocycles. The van der Waals surface area contributed by atoms with Crippen LogP contribution >= 0.6 is 0 Å². The van der Waals surface area contributed by atoms with Crippen molar-refractivity contribution in [2.24, 2.45) is 0 Å². The van der Waals surface area contributed by atoms with Gasteiger partial charge in [-0.15, -0.1) is 0 Å². The molecule has 1 amide bonds. The lowest BCUT2D eigenvalue weighted by molar-refractivity contribution is -0.124. The van der Waals surface area contributed by atoms with Crippen LogP contribution in [0.15, 0.2) is 54.6 Å². The molecule has 0 spiro atoms. The third-order valence-corrected chi connectivity index (χ3v) is 6.53. The number of carbonyl (C=O) groups excluding carboxylic acids is 1. The Balaban J connectivity index is 1.64. The first-order valence-electron chi connectivity index (χ1n) is 11.1. The molecule has 0 aromatic heterocycles. The molecular formula is C26H32N2O2. The zero-order valence-electron chi connectivity index (χ0n) is 18.3. The first-order valence-corrected chi connectivity index (χ1v) is 11.1. The minimum atomic E-state index is -0.579. The van der Waals surface area contributed by atoms with E-state index in [2.05, 4.69) is 79.5 Å². The van der Waals surface area contributed by atoms with Crippen molar-refractivity contribution in [3.63, 3.8) is 0 Å². The Morgan fingerprint density at radius 2 is 1.97 bits per heavy atom. The molecule has 2 aliphatic heterocycles. The predicted molar refractivity (Wildman–Crippen MR) is 123 cm³/mol. The fourth-order valence-corrected chi connectivity index (χ4v) is 4.79. The number of fused-ring (bicyclic) bond motifs is 3. The molecule has 1 N–H and O–H groups in total. The summed E-state index contributed by atoms with van der Waals surface area (Å²) in [6, 6.07) is 16.7. The molecular weight excluding hydrogens is 372 g/mol. The van der Waals surface area contributed by atoms with Gasteiger partial charge in [0, 0.05) is 24.1 Å². The van der Waals surface area contributed by atoms with E-state index in [1.165, 1.54) is 24.1 Å². The topological polar surface area (TPSA) is 41.6 Å². The first-order chi connectivity index (χ1) is 14.5. The molecule has 158 valence electrons. The average molecular weight is 405 g/mol. The Kier molecular flexibility index (Phi) is 5.59. The van der Waals surface area contributed by atoms with Gasteiger partial charge in [0.15, 0.2) is 0 Å². The maximum Gasteiger partial charge on any atom is 0.223 e. The lowest BCUT2D eigenvalue weighted by Crippen LogP contribution is -2.68. The van der Waals surface area contributed by atoms with Crippen molar-refractivity contribution in [1.29, 1.82) is 0 Å². The smallest absolute Gasteiger partial charge is 0.223 e. The fraction of sp³-hybridized carbons (Fsp3) is 0.423. The molecule has 2 heterocycles. The van der Waals surface area contributed by atoms with E-state index in [1.54, 1.807) is 0 Å². The summed E-state index contributed by atoms with van der Waals surface area (Å²) in [6.45, 7) is 8.10. The molecule has 1 fully saturated rings. The summed E-state index contributed by atoms with van der Waals surface area (Å²) < 4.78 is 5.92. The summed E-state index contributed by atoms with van der Waals surface area (Å²) in [5.41, 5.74) is 2.71. The molecule has 0 aliphatic carbocycles. The number of hydrogen-bond donors (Lipinski definition) is 1. The second-order valence-electron chi connectivity index (χ2n) is 8.82. The second-order valence-corrected chi connectivity index (χ2v) is 8.82. The molecule has 2 aliphatic rings. The number of para-hydroxylation sites is 1. The predicted octanol–water partition coefficient (Wildman–Crippen LogP) is 5.28. The molecule has 30 heavy (non-hydrogen) atoms. The van der Waals surface area contributed by atoms with Crippen LogP contribution in [0.2, 0.25) is 0 Å². The number of nitrogens with zero attached hydrogens (tertiary/aromatic N) is 1. The van der Waals surface area contributed by atoms with Gasteiger partial charge in [0.2, 0.25) is 5.91 Å². The molecule has 4 rings (SSSR count). The van der Waals surface area contributed by atoms with Crippen LogP contribution < -0.4 is 15.0 Å². The van der Waals surface area contributed by atoms with Crippen LogP contribution in [0.4, 0.5) is 5.69 Å². The van der Waals surface area contributed by atoms with Crippen molar-refractivity contribution in [3.8, 4) is 5.75 Å². The van der Waals surface area contributed by atoms with Gasteiger partial charge < -0.3 is 15.0 Å². The molecule has 0 radical (unpaired) electrons. The van der Waals surface area contributed by atoms with Gasteiger partial charge >= 0.3 is 0 Å². The highest BCUT2D eigenvalue weighted by Gasteiger charge is 2.57. The Bertz CT molecular complexity index is 950. The van der Waals surface area contributed by atoms with Crippen molar-refractivity contribution >= 4 is 17.7 Å². The van der Waals surface area contributed by atoms with Gasteiger partial charge in [0.1, 0.15) is 11.4 Å². The maximum absolute atomic E-state index is 12.5. The largest absolute Gasteiger partial charge is 0.494 e. The molecule has 0 bridgehead atoms. The summed E-state index contributed by atoms with van der Waals surface area (Å²) in [4.78, 5) is 14.8. The number of ether oxygens (including phenoxy) is 1. The van der Waals surface area contributed by atoms with Gasteiger partial charge in [0.05, 0.1) is 6.61 Å². The van der Waals surface area contributed by atoms with Crippen molar-refractivity contribution in [1.82, 2.24) is 5.32 Å². The van der Waals surface area contributed by atoms with Crippen LogP contribution in [0.5, 0.6) is 5.75 Å². The zero-order valence-corrected chi connectivity index (χ0v) is 18.3. The van der Waals surface area contributed by atoms with E-state index in [0.717, 1.165) is 30.9 Å². The Morgan fingerprint density at radius 1 is 1.13 bits per heavy atom. The van der Waals surface area contributed by atoms with Crippen LogP contribution in [0.25, 0.3) is 6.08 Å². The van der Waals surface area contributed by atoms with E-state index in [0.29, 0.717) is 6.42 Å². The van der Waals surface area contributed by atoms with Gasteiger partial charge in [-0.1, -0.05) is 70.0 Å². The fourth-order valence-electron chi connectivity index (χ4n) is 4.79. The molecule has 1 atom stereocenters. The molecule has 2 aromatic rings. The number of amides is 1. The third-order valence-electron chi connectivity index (χ3n) is 6.53. The normalized spacial score (nSPS) is 22.0. The third kappa shape index (κ3) is 3.49. The lowest BCUT2D eigenvalue weighted by Gasteiger charge is -2.49. The van der Waals surface area contributed by atoms with E-state index < -0.39 is 5.66 Å². The SMILES string of the molecule is CCCCCOc1cccc(/C=C/[C@@]23NC(=O)CCN2c2ccccc2C3(C)C)c1. The number of carbonyl (C=O) groups is 1. The summed E-state index contributed by atoms with van der Waals surface area (Å²) >= 11 is 0. The van der Waals surface area contributed by atoms with Gasteiger partial charge in [-0.05, 0) is 41.8 Å². The van der Waals surface area contributed by atoms with E-state index in [4.69, 9.17) is 4.74 Å². The summed E-state index contributed by atoms with van der Waals surface area (Å²) in [5, 5.41) is 3.33. The highest BCUT2D eigenvalue weighted by molar-refractivity contribution is 5.84. The Morgan fingerprint density at radius 3 is 2.80 bits per heavy atom. The molecule has 4 nitrogen and oxygen atoms in total. The van der Waals surface area contributed by atoms with Gasteiger partial charge in [0.25, 0.3) is 0 Å². The van der Waals surface area contributed by atoms with Crippen molar-refractivity contribution < 1.29 is 9.53 Å². The zero-order chi connectivity index (χ0) is 21.2. The van der Waals surface area contributed by atoms with E-state index in [9.17, 15) is 4.79 Å². The van der Waals surface area contributed by atoms with Crippen LogP contribution in [-0.4, -0.2) is 24.7 Å². The first kappa shape index (κ1) is 20.5. The molecule has 4 heteroatoms. The number of benzene rings is 2. The number of anilines is 1. The maximum atomic E-state index is 12.5. The monoisotopic (exact) mass is 404 g/mol. The van der Waals surface area contributed by atoms with Crippen molar-refractivity contribution in [2.45, 2.75) is 57.5 Å². The number of nitrogens with one attached hydrogen (secondary N) is 1. The Labute approximate surface area is 179 Å². The molecule has 0 unspecified atom stereocenters. The Hall–Kier alpha value is -2.75. The van der Waals surface area contributed by atoms with Crippen LogP contribution in [0.1, 0.15) is 57.6 Å². The quantitative estimate of drug-likeness (QED) is 0.638. The summed E-state index contributed by atoms with van der Waals surface area (Å²) in [6.07, 6.45) is 8.25. The van der Waals surface area contributed by atoms with E-state index in [-0.39, 0.29) is 11.3 Å². The number of unbranched alkanes of at least 4 members (excludes halogenated alkanes) is 2. The van der Waals surface area contributed by atoms with Gasteiger partial charge in [-0.2, -0.15) is 0 Å². The number of hydrogen-bond acceptors (Lipinski definition) is 3. The van der Waals surface area contributed by atoms with Crippen molar-refractivity contribution in [2.75, 3.05) is 18.1 Å². The van der Waals surface area contributed by atoms with Crippen LogP contribution in [0.3, 0.4) is 0 Å². The minimum Gasteiger partial charge on any atom is -0.494 e. The molecule has 2 aromatic carbocycles. The standard InChI is InChI=1S/C26H32N2O2/c1-4-5-8-18-30-21-11-9-10-20(19-21)14-16-26-25(2,3)22-12-6-7-13-23(22)28(26)17-15-24(29)27-26/h6-7,9-14,16,19H,4-5,8,15,17-18H2,1-3H3,(H,27,29)/b16-14+/t26-/m1/s1. The number of rotatable bonds is 7.